The number of nitrogens with two attached hydrogens (primary N) is 1. The van der Waals surface area contributed by atoms with E-state index in [1.165, 1.54) is 6.07 Å². The summed E-state index contributed by atoms with van der Waals surface area (Å²) in [6.45, 7) is 2.29. The number of nitrogens with zero attached hydrogens (tertiary/aromatic N) is 3. The SMILES string of the molecule is Cc1cc2c(cc1F)nc(N)n2Cc1nccs1. The van der Waals surface area contributed by atoms with Gasteiger partial charge in [0.2, 0.25) is 5.95 Å². The molecule has 0 atom stereocenters. The summed E-state index contributed by atoms with van der Waals surface area (Å²) >= 11 is 1.56. The fourth-order valence-electron chi connectivity index (χ4n) is 1.90. The van der Waals surface area contributed by atoms with Crippen LogP contribution in [0.25, 0.3) is 11.0 Å². The van der Waals surface area contributed by atoms with Crippen molar-refractivity contribution in [1.82, 2.24) is 14.5 Å². The largest absolute Gasteiger partial charge is 0.369 e. The molecule has 6 heteroatoms. The highest BCUT2D eigenvalue weighted by molar-refractivity contribution is 7.09. The molecule has 0 bridgehead atoms. The molecule has 0 fully saturated rings. The van der Waals surface area contributed by atoms with Crippen LogP contribution in [0.4, 0.5) is 10.3 Å². The van der Waals surface area contributed by atoms with Crippen molar-refractivity contribution < 1.29 is 4.39 Å². The summed E-state index contributed by atoms with van der Waals surface area (Å²) in [5.74, 6) is 0.117. The summed E-state index contributed by atoms with van der Waals surface area (Å²) in [6.07, 6.45) is 1.75. The van der Waals surface area contributed by atoms with Crippen LogP contribution in [0.3, 0.4) is 0 Å². The maximum absolute atomic E-state index is 13.5. The Balaban J connectivity index is 2.16. The number of rotatable bonds is 2. The van der Waals surface area contributed by atoms with Crippen LogP contribution in [0, 0.1) is 12.7 Å². The van der Waals surface area contributed by atoms with Gasteiger partial charge >= 0.3 is 0 Å². The second kappa shape index (κ2) is 4.06. The maximum Gasteiger partial charge on any atom is 0.201 e. The van der Waals surface area contributed by atoms with E-state index in [9.17, 15) is 4.39 Å². The highest BCUT2D eigenvalue weighted by Crippen LogP contribution is 2.23. The predicted octanol–water partition coefficient (Wildman–Crippen LogP) is 2.57. The Hall–Kier alpha value is -1.95. The van der Waals surface area contributed by atoms with Gasteiger partial charge in [0.25, 0.3) is 0 Å². The molecule has 4 nitrogen and oxygen atoms in total. The molecule has 2 heterocycles. The molecule has 92 valence electrons. The third kappa shape index (κ3) is 1.74. The molecular weight excluding hydrogens is 251 g/mol. The number of anilines is 1. The van der Waals surface area contributed by atoms with E-state index in [1.54, 1.807) is 30.5 Å². The van der Waals surface area contributed by atoms with Gasteiger partial charge in [-0.2, -0.15) is 0 Å². The van der Waals surface area contributed by atoms with Crippen molar-refractivity contribution in [2.75, 3.05) is 5.73 Å². The standard InChI is InChI=1S/C12H11FN4S/c1-7-4-10-9(5-8(7)13)16-12(14)17(10)6-11-15-2-3-18-11/h2-5H,6H2,1H3,(H2,14,16). The number of hydrogen-bond donors (Lipinski definition) is 1. The third-order valence-corrected chi connectivity index (χ3v) is 3.60. The molecule has 0 unspecified atom stereocenters. The van der Waals surface area contributed by atoms with Crippen molar-refractivity contribution in [3.63, 3.8) is 0 Å². The number of nitrogen functional groups attached to an aromatic ring is 1. The Morgan fingerprint density at radius 3 is 3.00 bits per heavy atom. The lowest BCUT2D eigenvalue weighted by Crippen LogP contribution is -2.04. The van der Waals surface area contributed by atoms with Crippen molar-refractivity contribution in [3.8, 4) is 0 Å². The molecule has 2 aromatic heterocycles. The number of aromatic nitrogens is 3. The van der Waals surface area contributed by atoms with Crippen LogP contribution in [-0.4, -0.2) is 14.5 Å². The summed E-state index contributed by atoms with van der Waals surface area (Å²) < 4.78 is 15.3. The maximum atomic E-state index is 13.5. The van der Waals surface area contributed by atoms with Crippen LogP contribution in [-0.2, 0) is 6.54 Å². The van der Waals surface area contributed by atoms with E-state index in [1.807, 2.05) is 9.95 Å². The number of benzene rings is 1. The number of fused-ring (bicyclic) bond motifs is 1. The van der Waals surface area contributed by atoms with Gasteiger partial charge in [-0.3, -0.25) is 0 Å². The second-order valence-corrected chi connectivity index (χ2v) is 5.05. The van der Waals surface area contributed by atoms with Crippen molar-refractivity contribution >= 4 is 28.3 Å². The molecule has 2 N–H and O–H groups in total. The first-order valence-electron chi connectivity index (χ1n) is 5.45. The first-order valence-corrected chi connectivity index (χ1v) is 6.33. The number of halogens is 1. The predicted molar refractivity (Wildman–Crippen MR) is 70.1 cm³/mol. The first-order chi connectivity index (χ1) is 8.65. The molecule has 0 amide bonds. The summed E-state index contributed by atoms with van der Waals surface area (Å²) in [4.78, 5) is 8.39. The van der Waals surface area contributed by atoms with Crippen molar-refractivity contribution in [2.45, 2.75) is 13.5 Å². The lowest BCUT2D eigenvalue weighted by molar-refractivity contribution is 0.620. The number of thiazole rings is 1. The summed E-state index contributed by atoms with van der Waals surface area (Å²) in [5, 5.41) is 2.86. The van der Waals surface area contributed by atoms with E-state index in [0.29, 0.717) is 23.6 Å². The molecule has 0 spiro atoms. The highest BCUT2D eigenvalue weighted by Gasteiger charge is 2.12. The monoisotopic (exact) mass is 262 g/mol. The molecule has 3 rings (SSSR count). The number of hydrogen-bond acceptors (Lipinski definition) is 4. The van der Waals surface area contributed by atoms with Gasteiger partial charge in [0, 0.05) is 17.6 Å². The fourth-order valence-corrected chi connectivity index (χ4v) is 2.51. The smallest absolute Gasteiger partial charge is 0.201 e. The molecule has 18 heavy (non-hydrogen) atoms. The second-order valence-electron chi connectivity index (χ2n) is 4.07. The normalized spacial score (nSPS) is 11.2. The Morgan fingerprint density at radius 2 is 2.28 bits per heavy atom. The fraction of sp³-hybridized carbons (Fsp3) is 0.167. The van der Waals surface area contributed by atoms with Crippen LogP contribution in [0.2, 0.25) is 0 Å². The summed E-state index contributed by atoms with van der Waals surface area (Å²) in [5.41, 5.74) is 7.87. The zero-order valence-corrected chi connectivity index (χ0v) is 10.5. The minimum absolute atomic E-state index is 0.263. The van der Waals surface area contributed by atoms with Gasteiger partial charge in [0.1, 0.15) is 10.8 Å². The minimum atomic E-state index is -0.263. The molecule has 3 aromatic rings. The number of aryl methyl sites for hydroxylation is 1. The van der Waals surface area contributed by atoms with Crippen LogP contribution in [0.5, 0.6) is 0 Å². The van der Waals surface area contributed by atoms with Gasteiger partial charge in [-0.05, 0) is 18.6 Å². The topological polar surface area (TPSA) is 56.7 Å². The van der Waals surface area contributed by atoms with E-state index < -0.39 is 0 Å². The Bertz CT molecular complexity index is 703. The minimum Gasteiger partial charge on any atom is -0.369 e. The Labute approximate surface area is 107 Å². The highest BCUT2D eigenvalue weighted by atomic mass is 32.1. The lowest BCUT2D eigenvalue weighted by Gasteiger charge is -2.04. The quantitative estimate of drug-likeness (QED) is 0.772. The van der Waals surface area contributed by atoms with Crippen LogP contribution in [0.15, 0.2) is 23.7 Å². The Kier molecular flexibility index (Phi) is 2.52. The molecule has 0 aliphatic carbocycles. The van der Waals surface area contributed by atoms with Crippen molar-refractivity contribution in [3.05, 3.63) is 40.1 Å². The van der Waals surface area contributed by atoms with Gasteiger partial charge in [-0.15, -0.1) is 11.3 Å². The van der Waals surface area contributed by atoms with E-state index in [0.717, 1.165) is 10.5 Å². The van der Waals surface area contributed by atoms with Crippen LogP contribution >= 0.6 is 11.3 Å². The zero-order chi connectivity index (χ0) is 12.7. The van der Waals surface area contributed by atoms with E-state index in [4.69, 9.17) is 5.73 Å². The van der Waals surface area contributed by atoms with Gasteiger partial charge in [-0.1, -0.05) is 0 Å². The van der Waals surface area contributed by atoms with Gasteiger partial charge < -0.3 is 10.3 Å². The lowest BCUT2D eigenvalue weighted by atomic mass is 10.2. The summed E-state index contributed by atoms with van der Waals surface area (Å²) in [7, 11) is 0. The molecule has 0 aliphatic rings. The average molecular weight is 262 g/mol. The summed E-state index contributed by atoms with van der Waals surface area (Å²) in [6, 6.07) is 3.18. The van der Waals surface area contributed by atoms with Gasteiger partial charge in [0.05, 0.1) is 17.6 Å². The van der Waals surface area contributed by atoms with E-state index >= 15 is 0 Å². The number of imidazole rings is 1. The molecular formula is C12H11FN4S. The third-order valence-electron chi connectivity index (χ3n) is 2.83. The van der Waals surface area contributed by atoms with E-state index in [-0.39, 0.29) is 5.82 Å². The molecule has 0 radical (unpaired) electrons. The van der Waals surface area contributed by atoms with Crippen LogP contribution in [0.1, 0.15) is 10.6 Å². The first kappa shape index (κ1) is 11.2. The molecule has 0 saturated carbocycles. The van der Waals surface area contributed by atoms with E-state index in [2.05, 4.69) is 9.97 Å². The van der Waals surface area contributed by atoms with Crippen molar-refractivity contribution in [1.29, 1.82) is 0 Å². The molecule has 0 saturated heterocycles. The molecule has 1 aromatic carbocycles. The molecule has 0 aliphatic heterocycles. The zero-order valence-electron chi connectivity index (χ0n) is 9.72. The Morgan fingerprint density at radius 1 is 1.44 bits per heavy atom. The van der Waals surface area contributed by atoms with Gasteiger partial charge in [0.15, 0.2) is 0 Å². The average Bonchev–Trinajstić information content (AvgIpc) is 2.92. The van der Waals surface area contributed by atoms with Crippen molar-refractivity contribution in [2.24, 2.45) is 0 Å². The van der Waals surface area contributed by atoms with Gasteiger partial charge in [-0.25, -0.2) is 14.4 Å². The van der Waals surface area contributed by atoms with Crippen LogP contribution < -0.4 is 5.73 Å².